The molecule has 0 spiro atoms. The third-order valence-electron chi connectivity index (χ3n) is 6.81. The third kappa shape index (κ3) is 6.42. The van der Waals surface area contributed by atoms with Crippen molar-refractivity contribution in [2.24, 2.45) is 0 Å². The number of thioether (sulfide) groups is 1. The van der Waals surface area contributed by atoms with Gasteiger partial charge in [0.05, 0.1) is 21.5 Å². The van der Waals surface area contributed by atoms with Crippen molar-refractivity contribution in [2.45, 2.75) is 26.5 Å². The van der Waals surface area contributed by atoms with Gasteiger partial charge in [0.1, 0.15) is 13.2 Å². The van der Waals surface area contributed by atoms with Gasteiger partial charge in [-0.1, -0.05) is 35.9 Å². The number of imide groups is 1. The van der Waals surface area contributed by atoms with Gasteiger partial charge < -0.3 is 14.4 Å². The Labute approximate surface area is 251 Å². The minimum absolute atomic E-state index is 0.0257. The number of hydrogen-bond acceptors (Lipinski definition) is 8. The van der Waals surface area contributed by atoms with Crippen LogP contribution in [-0.4, -0.2) is 51.5 Å². The van der Waals surface area contributed by atoms with Gasteiger partial charge in [-0.3, -0.25) is 29.4 Å². The number of non-ortho nitro benzene ring substituents is 1. The lowest BCUT2D eigenvalue weighted by Crippen LogP contribution is -2.44. The number of benzene rings is 3. The average molecular weight is 608 g/mol. The summed E-state index contributed by atoms with van der Waals surface area (Å²) in [7, 11) is 0. The van der Waals surface area contributed by atoms with Gasteiger partial charge in [-0.05, 0) is 77.7 Å². The molecular formula is C30H26ClN3O7S. The second kappa shape index (κ2) is 12.7. The predicted octanol–water partition coefficient (Wildman–Crippen LogP) is 5.85. The van der Waals surface area contributed by atoms with Gasteiger partial charge >= 0.3 is 0 Å². The van der Waals surface area contributed by atoms with E-state index in [0.29, 0.717) is 36.6 Å². The van der Waals surface area contributed by atoms with E-state index in [0.717, 1.165) is 28.6 Å². The average Bonchev–Trinajstić information content (AvgIpc) is 3.24. The van der Waals surface area contributed by atoms with Crippen molar-refractivity contribution in [3.8, 4) is 11.5 Å². The molecule has 42 heavy (non-hydrogen) atoms. The van der Waals surface area contributed by atoms with E-state index in [1.165, 1.54) is 23.8 Å². The fourth-order valence-corrected chi connectivity index (χ4v) is 5.79. The van der Waals surface area contributed by atoms with Crippen LogP contribution in [0.15, 0.2) is 65.6 Å². The van der Waals surface area contributed by atoms with E-state index in [1.54, 1.807) is 36.1 Å². The summed E-state index contributed by atoms with van der Waals surface area (Å²) in [5.41, 5.74) is 3.44. The summed E-state index contributed by atoms with van der Waals surface area (Å²) in [5, 5.41) is 10.6. The normalized spacial score (nSPS) is 15.6. The zero-order valence-corrected chi connectivity index (χ0v) is 24.2. The molecule has 5 rings (SSSR count). The van der Waals surface area contributed by atoms with Crippen LogP contribution < -0.4 is 9.47 Å². The van der Waals surface area contributed by atoms with Gasteiger partial charge in [0.25, 0.3) is 16.8 Å². The van der Waals surface area contributed by atoms with E-state index >= 15 is 0 Å². The molecule has 0 atom stereocenters. The first-order valence-corrected chi connectivity index (χ1v) is 14.4. The fourth-order valence-electron chi connectivity index (χ4n) is 4.68. The van der Waals surface area contributed by atoms with Crippen molar-refractivity contribution in [3.05, 3.63) is 103 Å². The van der Waals surface area contributed by atoms with Crippen molar-refractivity contribution in [3.63, 3.8) is 0 Å². The standard InChI is InChI=1S/C30H26ClN3O7S/c1-2-40-25-14-20(13-24(31)28(25)41-18-19-7-9-23(10-8-19)34(38)39)15-26-29(36)33(30(37)42-26)17-27(35)32-12-11-21-5-3-4-6-22(21)16-32/h3-10,13-15H,2,11-12,16-18H2,1H3/b26-15-. The van der Waals surface area contributed by atoms with E-state index in [-0.39, 0.29) is 40.4 Å². The lowest BCUT2D eigenvalue weighted by molar-refractivity contribution is -0.384. The van der Waals surface area contributed by atoms with Gasteiger partial charge in [0.2, 0.25) is 5.91 Å². The second-order valence-corrected chi connectivity index (χ2v) is 11.0. The van der Waals surface area contributed by atoms with Crippen molar-refractivity contribution in [1.82, 2.24) is 9.80 Å². The minimum Gasteiger partial charge on any atom is -0.490 e. The van der Waals surface area contributed by atoms with E-state index in [2.05, 4.69) is 0 Å². The molecule has 0 bridgehead atoms. The number of nitro benzene ring substituents is 1. The number of hydrogen-bond donors (Lipinski definition) is 0. The van der Waals surface area contributed by atoms with E-state index in [4.69, 9.17) is 21.1 Å². The first-order valence-electron chi connectivity index (χ1n) is 13.2. The lowest BCUT2D eigenvalue weighted by atomic mass is 10.00. The SMILES string of the molecule is CCOc1cc(/C=C2\SC(=O)N(CC(=O)N3CCc4ccccc4C3)C2=O)cc(Cl)c1OCc1ccc([N+](=O)[O-])cc1. The molecule has 216 valence electrons. The molecule has 0 N–H and O–H groups in total. The Morgan fingerprint density at radius 2 is 1.83 bits per heavy atom. The zero-order valence-electron chi connectivity index (χ0n) is 22.6. The lowest BCUT2D eigenvalue weighted by Gasteiger charge is -2.29. The van der Waals surface area contributed by atoms with Crippen LogP contribution in [0, 0.1) is 10.1 Å². The number of carbonyl (C=O) groups is 3. The molecule has 3 amide bonds. The Morgan fingerprint density at radius 1 is 1.10 bits per heavy atom. The maximum Gasteiger partial charge on any atom is 0.294 e. The van der Waals surface area contributed by atoms with Crippen molar-refractivity contribution >= 4 is 52.2 Å². The summed E-state index contributed by atoms with van der Waals surface area (Å²) in [5.74, 6) is -0.235. The van der Waals surface area contributed by atoms with Crippen LogP contribution in [0.1, 0.15) is 29.2 Å². The summed E-state index contributed by atoms with van der Waals surface area (Å²) < 4.78 is 11.6. The topological polar surface area (TPSA) is 119 Å². The second-order valence-electron chi connectivity index (χ2n) is 9.58. The van der Waals surface area contributed by atoms with Gasteiger partial charge in [-0.25, -0.2) is 0 Å². The highest BCUT2D eigenvalue weighted by Gasteiger charge is 2.37. The van der Waals surface area contributed by atoms with Gasteiger partial charge in [-0.2, -0.15) is 0 Å². The van der Waals surface area contributed by atoms with E-state index in [1.807, 2.05) is 24.3 Å². The van der Waals surface area contributed by atoms with E-state index < -0.39 is 16.1 Å². The molecule has 12 heteroatoms. The molecule has 0 radical (unpaired) electrons. The number of nitro groups is 1. The van der Waals surface area contributed by atoms with Gasteiger partial charge in [-0.15, -0.1) is 0 Å². The summed E-state index contributed by atoms with van der Waals surface area (Å²) in [6, 6.07) is 17.1. The Kier molecular flexibility index (Phi) is 8.79. The quantitative estimate of drug-likeness (QED) is 0.169. The number of halogens is 1. The van der Waals surface area contributed by atoms with Crippen LogP contribution in [0.5, 0.6) is 11.5 Å². The Bertz CT molecular complexity index is 1590. The van der Waals surface area contributed by atoms with Crippen molar-refractivity contribution in [2.75, 3.05) is 19.7 Å². The van der Waals surface area contributed by atoms with Crippen LogP contribution in [0.4, 0.5) is 10.5 Å². The minimum atomic E-state index is -0.552. The molecule has 1 fully saturated rings. The molecular weight excluding hydrogens is 582 g/mol. The Balaban J connectivity index is 1.28. The molecule has 0 aliphatic carbocycles. The molecule has 3 aromatic carbocycles. The first kappa shape index (κ1) is 29.2. The van der Waals surface area contributed by atoms with E-state index in [9.17, 15) is 24.5 Å². The summed E-state index contributed by atoms with van der Waals surface area (Å²) >= 11 is 7.29. The van der Waals surface area contributed by atoms with Gasteiger partial charge in [0, 0.05) is 25.2 Å². The van der Waals surface area contributed by atoms with Crippen molar-refractivity contribution in [1.29, 1.82) is 0 Å². The Morgan fingerprint density at radius 3 is 2.55 bits per heavy atom. The largest absolute Gasteiger partial charge is 0.490 e. The maximum atomic E-state index is 13.1. The first-order chi connectivity index (χ1) is 20.2. The van der Waals surface area contributed by atoms with Crippen LogP contribution >= 0.6 is 23.4 Å². The molecule has 3 aromatic rings. The molecule has 2 heterocycles. The third-order valence-corrected chi connectivity index (χ3v) is 8.00. The summed E-state index contributed by atoms with van der Waals surface area (Å²) in [6.45, 7) is 2.84. The number of fused-ring (bicyclic) bond motifs is 1. The van der Waals surface area contributed by atoms with Crippen LogP contribution in [0.2, 0.25) is 5.02 Å². The monoisotopic (exact) mass is 607 g/mol. The summed E-state index contributed by atoms with van der Waals surface area (Å²) in [6.07, 6.45) is 2.25. The molecule has 10 nitrogen and oxygen atoms in total. The van der Waals surface area contributed by atoms with Gasteiger partial charge in [0.15, 0.2) is 11.5 Å². The highest BCUT2D eigenvalue weighted by atomic mass is 35.5. The maximum absolute atomic E-state index is 13.1. The highest BCUT2D eigenvalue weighted by Crippen LogP contribution is 2.39. The molecule has 0 aromatic heterocycles. The number of rotatable bonds is 9. The number of nitrogens with zero attached hydrogens (tertiary/aromatic N) is 3. The Hall–Kier alpha value is -4.35. The summed E-state index contributed by atoms with van der Waals surface area (Å²) in [4.78, 5) is 52.1. The van der Waals surface area contributed by atoms with Crippen LogP contribution in [0.25, 0.3) is 6.08 Å². The molecule has 0 saturated carbocycles. The smallest absolute Gasteiger partial charge is 0.294 e. The van der Waals surface area contributed by atoms with Crippen molar-refractivity contribution < 1.29 is 28.8 Å². The molecule has 0 unspecified atom stereocenters. The van der Waals surface area contributed by atoms with Crippen LogP contribution in [-0.2, 0) is 29.2 Å². The highest BCUT2D eigenvalue weighted by molar-refractivity contribution is 8.18. The fraction of sp³-hybridized carbons (Fsp3) is 0.233. The predicted molar refractivity (Wildman–Crippen MR) is 158 cm³/mol. The number of ether oxygens (including phenoxy) is 2. The molecule has 2 aliphatic rings. The number of amides is 3. The number of carbonyl (C=O) groups excluding carboxylic acids is 3. The van der Waals surface area contributed by atoms with Crippen LogP contribution in [0.3, 0.4) is 0 Å². The zero-order chi connectivity index (χ0) is 29.8. The molecule has 1 saturated heterocycles. The molecule has 2 aliphatic heterocycles.